The topological polar surface area (TPSA) is 72.2 Å². The summed E-state index contributed by atoms with van der Waals surface area (Å²) < 4.78 is 27.6. The number of hydrogen-bond acceptors (Lipinski definition) is 3. The zero-order valence-corrected chi connectivity index (χ0v) is 13.6. The summed E-state index contributed by atoms with van der Waals surface area (Å²) >= 11 is 3.25. The fraction of sp³-hybridized carbons (Fsp3) is 0.429. The smallest absolute Gasteiger partial charge is 0.241 e. The van der Waals surface area contributed by atoms with Gasteiger partial charge in [-0.2, -0.15) is 0 Å². The number of allylic oxidation sites excluding steroid dienone is 1. The number of nitrogens with one attached hydrogen (secondary N) is 1. The van der Waals surface area contributed by atoms with Gasteiger partial charge in [-0.25, -0.2) is 13.1 Å². The molecule has 0 bridgehead atoms. The van der Waals surface area contributed by atoms with E-state index in [4.69, 9.17) is 5.73 Å². The highest BCUT2D eigenvalue weighted by molar-refractivity contribution is 9.10. The zero-order chi connectivity index (χ0) is 14.6. The van der Waals surface area contributed by atoms with Crippen LogP contribution >= 0.6 is 15.9 Å². The summed E-state index contributed by atoms with van der Waals surface area (Å²) in [5.74, 6) is 0. The summed E-state index contributed by atoms with van der Waals surface area (Å²) in [5.41, 5.74) is 7.43. The second-order valence-electron chi connectivity index (χ2n) is 4.95. The predicted octanol–water partition coefficient (Wildman–Crippen LogP) is 3.20. The number of benzene rings is 1. The van der Waals surface area contributed by atoms with Crippen LogP contribution in [-0.2, 0) is 10.0 Å². The van der Waals surface area contributed by atoms with E-state index in [-0.39, 0.29) is 4.90 Å². The van der Waals surface area contributed by atoms with Crippen molar-refractivity contribution in [3.05, 3.63) is 34.3 Å². The average Bonchev–Trinajstić information content (AvgIpc) is 2.42. The number of nitrogen functional groups attached to an aromatic ring is 1. The lowest BCUT2D eigenvalue weighted by Gasteiger charge is -2.13. The number of sulfonamides is 1. The molecule has 0 fully saturated rings. The average molecular weight is 359 g/mol. The van der Waals surface area contributed by atoms with Crippen LogP contribution in [0.15, 0.2) is 39.2 Å². The minimum atomic E-state index is -3.52. The van der Waals surface area contributed by atoms with Gasteiger partial charge in [0, 0.05) is 16.7 Å². The Labute approximate surface area is 128 Å². The van der Waals surface area contributed by atoms with Gasteiger partial charge in [0.2, 0.25) is 10.0 Å². The molecule has 0 atom stereocenters. The van der Waals surface area contributed by atoms with Crippen molar-refractivity contribution in [1.29, 1.82) is 0 Å². The van der Waals surface area contributed by atoms with Gasteiger partial charge in [0.15, 0.2) is 0 Å². The molecule has 1 aliphatic carbocycles. The van der Waals surface area contributed by atoms with E-state index in [1.165, 1.54) is 24.5 Å². The summed E-state index contributed by atoms with van der Waals surface area (Å²) in [7, 11) is -3.52. The minimum Gasteiger partial charge on any atom is -0.399 e. The summed E-state index contributed by atoms with van der Waals surface area (Å²) in [6, 6.07) is 4.77. The maximum absolute atomic E-state index is 12.2. The lowest BCUT2D eigenvalue weighted by atomic mass is 9.97. The van der Waals surface area contributed by atoms with E-state index >= 15 is 0 Å². The molecule has 0 aromatic heterocycles. The minimum absolute atomic E-state index is 0.190. The van der Waals surface area contributed by atoms with Crippen LogP contribution in [0.2, 0.25) is 0 Å². The largest absolute Gasteiger partial charge is 0.399 e. The monoisotopic (exact) mass is 358 g/mol. The summed E-state index contributed by atoms with van der Waals surface area (Å²) in [5, 5.41) is 0. The van der Waals surface area contributed by atoms with Crippen molar-refractivity contribution in [2.24, 2.45) is 0 Å². The quantitative estimate of drug-likeness (QED) is 0.626. The maximum Gasteiger partial charge on any atom is 0.241 e. The van der Waals surface area contributed by atoms with E-state index in [9.17, 15) is 8.42 Å². The third-order valence-electron chi connectivity index (χ3n) is 3.37. The van der Waals surface area contributed by atoms with Crippen molar-refractivity contribution in [3.8, 4) is 0 Å². The lowest BCUT2D eigenvalue weighted by Crippen LogP contribution is -2.25. The van der Waals surface area contributed by atoms with Crippen LogP contribution in [0.1, 0.15) is 32.1 Å². The number of anilines is 1. The Hall–Kier alpha value is -0.850. The molecule has 0 aliphatic heterocycles. The fourth-order valence-electron chi connectivity index (χ4n) is 2.28. The number of nitrogens with two attached hydrogens (primary N) is 1. The van der Waals surface area contributed by atoms with Crippen molar-refractivity contribution in [3.63, 3.8) is 0 Å². The molecule has 0 saturated carbocycles. The van der Waals surface area contributed by atoms with Crippen molar-refractivity contribution in [2.45, 2.75) is 37.0 Å². The van der Waals surface area contributed by atoms with Crippen LogP contribution in [0.3, 0.4) is 0 Å². The molecule has 3 N–H and O–H groups in total. The Bertz CT molecular complexity index is 612. The van der Waals surface area contributed by atoms with Crippen LogP contribution in [0.25, 0.3) is 0 Å². The summed E-state index contributed by atoms with van der Waals surface area (Å²) in [6.45, 7) is 0.426. The van der Waals surface area contributed by atoms with Crippen LogP contribution in [0.4, 0.5) is 5.69 Å². The van der Waals surface area contributed by atoms with Crippen LogP contribution in [-0.4, -0.2) is 15.0 Å². The summed E-state index contributed by atoms with van der Waals surface area (Å²) in [4.78, 5) is 0.190. The van der Waals surface area contributed by atoms with Gasteiger partial charge in [-0.15, -0.1) is 0 Å². The second-order valence-corrected chi connectivity index (χ2v) is 7.54. The first-order valence-electron chi connectivity index (χ1n) is 6.71. The van der Waals surface area contributed by atoms with E-state index in [1.54, 1.807) is 12.1 Å². The van der Waals surface area contributed by atoms with Gasteiger partial charge >= 0.3 is 0 Å². The first kappa shape index (κ1) is 15.5. The Balaban J connectivity index is 2.00. The molecular weight excluding hydrogens is 340 g/mol. The van der Waals surface area contributed by atoms with Gasteiger partial charge in [0.05, 0.1) is 4.90 Å². The second kappa shape index (κ2) is 6.74. The molecule has 6 heteroatoms. The zero-order valence-electron chi connectivity index (χ0n) is 11.2. The maximum atomic E-state index is 12.2. The highest BCUT2D eigenvalue weighted by Crippen LogP contribution is 2.24. The third-order valence-corrected chi connectivity index (χ3v) is 5.82. The number of rotatable bonds is 5. The highest BCUT2D eigenvalue weighted by atomic mass is 79.9. The van der Waals surface area contributed by atoms with Crippen LogP contribution in [0.5, 0.6) is 0 Å². The standard InChI is InChI=1S/C14H19BrN2O2S/c15-13-7-6-12(16)10-14(13)20(18,19)17-9-8-11-4-2-1-3-5-11/h4,6-7,10,17H,1-3,5,8-9,16H2. The van der Waals surface area contributed by atoms with Crippen molar-refractivity contribution < 1.29 is 8.42 Å². The molecule has 0 radical (unpaired) electrons. The predicted molar refractivity (Wildman–Crippen MR) is 84.9 cm³/mol. The first-order valence-corrected chi connectivity index (χ1v) is 8.99. The molecule has 0 saturated heterocycles. The molecule has 1 aromatic carbocycles. The molecule has 4 nitrogen and oxygen atoms in total. The van der Waals surface area contributed by atoms with Gasteiger partial charge in [0.25, 0.3) is 0 Å². The van der Waals surface area contributed by atoms with E-state index in [2.05, 4.69) is 26.7 Å². The lowest BCUT2D eigenvalue weighted by molar-refractivity contribution is 0.579. The van der Waals surface area contributed by atoms with Gasteiger partial charge in [-0.1, -0.05) is 11.6 Å². The fourth-order valence-corrected chi connectivity index (χ4v) is 4.31. The third kappa shape index (κ3) is 4.07. The Morgan fingerprint density at radius 2 is 2.10 bits per heavy atom. The normalized spacial score (nSPS) is 15.9. The number of hydrogen-bond donors (Lipinski definition) is 2. The Morgan fingerprint density at radius 3 is 2.80 bits per heavy atom. The molecule has 0 heterocycles. The van der Waals surface area contributed by atoms with E-state index in [0.717, 1.165) is 19.3 Å². The molecule has 0 unspecified atom stereocenters. The van der Waals surface area contributed by atoms with Crippen LogP contribution < -0.4 is 10.5 Å². The molecular formula is C14H19BrN2O2S. The molecule has 0 spiro atoms. The van der Waals surface area contributed by atoms with E-state index < -0.39 is 10.0 Å². The Kier molecular flexibility index (Phi) is 5.23. The SMILES string of the molecule is Nc1ccc(Br)c(S(=O)(=O)NCCC2=CCCCC2)c1. The van der Waals surface area contributed by atoms with Crippen molar-refractivity contribution in [1.82, 2.24) is 4.72 Å². The van der Waals surface area contributed by atoms with E-state index in [0.29, 0.717) is 16.7 Å². The first-order chi connectivity index (χ1) is 9.49. The van der Waals surface area contributed by atoms with Gasteiger partial charge in [0.1, 0.15) is 0 Å². The van der Waals surface area contributed by atoms with Crippen LogP contribution in [0, 0.1) is 0 Å². The molecule has 0 amide bonds. The Morgan fingerprint density at radius 1 is 1.30 bits per heavy atom. The van der Waals surface area contributed by atoms with Gasteiger partial charge in [-0.3, -0.25) is 0 Å². The molecule has 1 aromatic rings. The van der Waals surface area contributed by atoms with Crippen molar-refractivity contribution >= 4 is 31.6 Å². The van der Waals surface area contributed by atoms with E-state index in [1.807, 2.05) is 0 Å². The molecule has 110 valence electrons. The number of halogens is 1. The molecule has 2 rings (SSSR count). The van der Waals surface area contributed by atoms with Gasteiger partial charge < -0.3 is 5.73 Å². The highest BCUT2D eigenvalue weighted by Gasteiger charge is 2.17. The summed E-state index contributed by atoms with van der Waals surface area (Å²) in [6.07, 6.45) is 7.66. The molecule has 20 heavy (non-hydrogen) atoms. The van der Waals surface area contributed by atoms with Gasteiger partial charge in [-0.05, 0) is 66.2 Å². The molecule has 1 aliphatic rings. The van der Waals surface area contributed by atoms with Crippen molar-refractivity contribution in [2.75, 3.05) is 12.3 Å².